The molecule has 2 aromatic carbocycles. The minimum absolute atomic E-state index is 0.0101. The van der Waals surface area contributed by atoms with Gasteiger partial charge in [0.25, 0.3) is 5.91 Å². The van der Waals surface area contributed by atoms with Crippen molar-refractivity contribution in [1.29, 1.82) is 0 Å². The molecule has 1 amide bonds. The number of fused-ring (bicyclic) bond motifs is 2. The van der Waals surface area contributed by atoms with E-state index in [2.05, 4.69) is 11.4 Å². The first-order chi connectivity index (χ1) is 15.0. The van der Waals surface area contributed by atoms with Crippen molar-refractivity contribution in [3.63, 3.8) is 0 Å². The average molecular weight is 470 g/mol. The van der Waals surface area contributed by atoms with Crippen molar-refractivity contribution in [2.75, 3.05) is 5.75 Å². The summed E-state index contributed by atoms with van der Waals surface area (Å²) in [6, 6.07) is 18.2. The highest BCUT2D eigenvalue weighted by molar-refractivity contribution is 8.00. The maximum Gasteiger partial charge on any atom is 0.287 e. The fraction of sp³-hybridized carbons (Fsp3) is 0.174. The lowest BCUT2D eigenvalue weighted by atomic mass is 10.0. The summed E-state index contributed by atoms with van der Waals surface area (Å²) in [7, 11) is -3.31. The molecule has 0 aliphatic carbocycles. The second-order valence-corrected chi connectivity index (χ2v) is 11.6. The first-order valence-electron chi connectivity index (χ1n) is 9.82. The maximum atomic E-state index is 13.3. The van der Waals surface area contributed by atoms with E-state index in [1.165, 1.54) is 4.21 Å². The van der Waals surface area contributed by atoms with E-state index in [9.17, 15) is 13.2 Å². The average Bonchev–Trinajstić information content (AvgIpc) is 3.42. The summed E-state index contributed by atoms with van der Waals surface area (Å²) in [4.78, 5) is 13.6. The first kappa shape index (κ1) is 20.4. The normalized spacial score (nSPS) is 17.4. The summed E-state index contributed by atoms with van der Waals surface area (Å²) in [6.45, 7) is 0. The van der Waals surface area contributed by atoms with E-state index in [0.29, 0.717) is 28.2 Å². The Morgan fingerprint density at radius 3 is 2.74 bits per heavy atom. The third-order valence-electron chi connectivity index (χ3n) is 5.37. The molecule has 1 atom stereocenters. The smallest absolute Gasteiger partial charge is 0.287 e. The highest BCUT2D eigenvalue weighted by Gasteiger charge is 2.32. The minimum atomic E-state index is -3.31. The number of carbonyl (C=O) groups excluding carboxylic acids is 1. The summed E-state index contributed by atoms with van der Waals surface area (Å²) in [5.41, 5.74) is 2.15. The Kier molecular flexibility index (Phi) is 5.37. The first-order valence-corrected chi connectivity index (χ1v) is 13.3. The van der Waals surface area contributed by atoms with Crippen LogP contribution in [0.2, 0.25) is 0 Å². The van der Waals surface area contributed by atoms with Crippen LogP contribution in [0.5, 0.6) is 0 Å². The number of furan rings is 1. The zero-order valence-electron chi connectivity index (χ0n) is 16.4. The summed E-state index contributed by atoms with van der Waals surface area (Å²) >= 11 is 3.32. The van der Waals surface area contributed by atoms with Gasteiger partial charge < -0.3 is 9.73 Å². The highest BCUT2D eigenvalue weighted by atomic mass is 32.2. The zero-order chi connectivity index (χ0) is 21.4. The van der Waals surface area contributed by atoms with Crippen LogP contribution >= 0.6 is 23.1 Å². The number of para-hydroxylation sites is 1. The predicted molar refractivity (Wildman–Crippen MR) is 123 cm³/mol. The second-order valence-electron chi connectivity index (χ2n) is 7.30. The number of benzene rings is 2. The molecular weight excluding hydrogens is 450 g/mol. The number of hydrogen-bond donors (Lipinski definition) is 1. The molecular formula is C23H19NO4S3. The van der Waals surface area contributed by atoms with Gasteiger partial charge in [-0.15, -0.1) is 23.1 Å². The number of thiophene rings is 1. The fourth-order valence-corrected chi connectivity index (χ4v) is 7.31. The van der Waals surface area contributed by atoms with Gasteiger partial charge in [-0.1, -0.05) is 42.5 Å². The molecule has 2 aromatic heterocycles. The maximum absolute atomic E-state index is 13.3. The van der Waals surface area contributed by atoms with Crippen LogP contribution in [0.3, 0.4) is 0 Å². The largest absolute Gasteiger partial charge is 0.451 e. The van der Waals surface area contributed by atoms with Gasteiger partial charge in [-0.2, -0.15) is 0 Å². The van der Waals surface area contributed by atoms with Crippen LogP contribution in [0.4, 0.5) is 0 Å². The molecule has 31 heavy (non-hydrogen) atoms. The molecule has 1 unspecified atom stereocenters. The van der Waals surface area contributed by atoms with E-state index in [0.717, 1.165) is 10.9 Å². The monoisotopic (exact) mass is 469 g/mol. The lowest BCUT2D eigenvalue weighted by Crippen LogP contribution is -2.34. The van der Waals surface area contributed by atoms with Crippen molar-refractivity contribution in [2.24, 2.45) is 0 Å². The number of amides is 1. The van der Waals surface area contributed by atoms with Gasteiger partial charge in [0, 0.05) is 16.7 Å². The molecule has 0 saturated heterocycles. The molecule has 0 radical (unpaired) electrons. The lowest BCUT2D eigenvalue weighted by molar-refractivity contribution is 0.0907. The van der Waals surface area contributed by atoms with Crippen LogP contribution in [0.25, 0.3) is 11.0 Å². The van der Waals surface area contributed by atoms with E-state index in [1.54, 1.807) is 47.4 Å². The Morgan fingerprint density at radius 1 is 1.10 bits per heavy atom. The van der Waals surface area contributed by atoms with Crippen LogP contribution in [0.15, 0.2) is 79.6 Å². The van der Waals surface area contributed by atoms with Crippen molar-refractivity contribution in [3.8, 4) is 0 Å². The third kappa shape index (κ3) is 3.91. The van der Waals surface area contributed by atoms with Crippen LogP contribution < -0.4 is 5.32 Å². The molecule has 0 spiro atoms. The van der Waals surface area contributed by atoms with Crippen molar-refractivity contribution < 1.29 is 17.6 Å². The topological polar surface area (TPSA) is 76.4 Å². The van der Waals surface area contributed by atoms with Crippen molar-refractivity contribution in [3.05, 3.63) is 82.9 Å². The van der Waals surface area contributed by atoms with Crippen LogP contribution in [-0.4, -0.2) is 20.1 Å². The molecule has 0 saturated carbocycles. The van der Waals surface area contributed by atoms with Gasteiger partial charge >= 0.3 is 0 Å². The molecule has 1 aliphatic rings. The summed E-state index contributed by atoms with van der Waals surface area (Å²) < 4.78 is 32.0. The highest BCUT2D eigenvalue weighted by Crippen LogP contribution is 2.35. The zero-order valence-corrected chi connectivity index (χ0v) is 18.9. The van der Waals surface area contributed by atoms with Gasteiger partial charge in [-0.3, -0.25) is 4.79 Å². The van der Waals surface area contributed by atoms with E-state index in [4.69, 9.17) is 4.42 Å². The van der Waals surface area contributed by atoms with Gasteiger partial charge in [0.05, 0.1) is 20.9 Å². The fourth-order valence-electron chi connectivity index (χ4n) is 3.88. The molecule has 0 fully saturated rings. The summed E-state index contributed by atoms with van der Waals surface area (Å²) in [5.74, 6) is 0.583. The van der Waals surface area contributed by atoms with Crippen LogP contribution in [0, 0.1) is 0 Å². The van der Waals surface area contributed by atoms with Gasteiger partial charge in [-0.25, -0.2) is 8.42 Å². The third-order valence-corrected chi connectivity index (χ3v) is 9.34. The van der Waals surface area contributed by atoms with E-state index in [-0.39, 0.29) is 23.5 Å². The molecule has 4 aromatic rings. The Bertz CT molecular complexity index is 1360. The van der Waals surface area contributed by atoms with Crippen molar-refractivity contribution >= 4 is 49.8 Å². The molecule has 1 N–H and O–H groups in total. The quantitative estimate of drug-likeness (QED) is 0.394. The van der Waals surface area contributed by atoms with Gasteiger partial charge in [-0.05, 0) is 35.6 Å². The standard InChI is InChI=1S/C23H19NO4S3/c25-23(24-18-11-13-31(26,27)20-9-4-2-7-16(18)20)22-17(14-30-21-10-5-12-29-21)15-6-1-3-8-19(15)28-22/h1-10,12,18H,11,13-14H2,(H,24,25). The van der Waals surface area contributed by atoms with Gasteiger partial charge in [0.1, 0.15) is 5.58 Å². The number of rotatable bonds is 5. The van der Waals surface area contributed by atoms with E-state index in [1.807, 2.05) is 35.7 Å². The molecule has 5 nitrogen and oxygen atoms in total. The molecule has 0 bridgehead atoms. The van der Waals surface area contributed by atoms with Gasteiger partial charge in [0.2, 0.25) is 0 Å². The Labute approximate surface area is 188 Å². The minimum Gasteiger partial charge on any atom is -0.451 e. The number of nitrogens with one attached hydrogen (secondary N) is 1. The predicted octanol–water partition coefficient (Wildman–Crippen LogP) is 5.44. The SMILES string of the molecule is O=C(NC1CCS(=O)(=O)c2ccccc21)c1oc2ccccc2c1CSc1cccs1. The molecule has 8 heteroatoms. The van der Waals surface area contributed by atoms with Crippen LogP contribution in [0.1, 0.15) is 34.1 Å². The molecule has 158 valence electrons. The van der Waals surface area contributed by atoms with Crippen LogP contribution in [-0.2, 0) is 15.6 Å². The Morgan fingerprint density at radius 2 is 1.90 bits per heavy atom. The molecule has 1 aliphatic heterocycles. The number of thioether (sulfide) groups is 1. The molecule has 3 heterocycles. The number of hydrogen-bond acceptors (Lipinski definition) is 6. The van der Waals surface area contributed by atoms with E-state index < -0.39 is 9.84 Å². The molecule has 5 rings (SSSR count). The number of sulfone groups is 1. The Hall–Kier alpha value is -2.55. The second kappa shape index (κ2) is 8.18. The van der Waals surface area contributed by atoms with Crippen molar-refractivity contribution in [1.82, 2.24) is 5.32 Å². The Balaban J connectivity index is 1.47. The summed E-state index contributed by atoms with van der Waals surface area (Å²) in [5, 5.41) is 5.97. The summed E-state index contributed by atoms with van der Waals surface area (Å²) in [6.07, 6.45) is 0.338. The number of carbonyl (C=O) groups is 1. The van der Waals surface area contributed by atoms with Crippen molar-refractivity contribution in [2.45, 2.75) is 27.3 Å². The van der Waals surface area contributed by atoms with E-state index >= 15 is 0 Å². The lowest BCUT2D eigenvalue weighted by Gasteiger charge is -2.26. The van der Waals surface area contributed by atoms with Gasteiger partial charge in [0.15, 0.2) is 15.6 Å².